The number of halogens is 1. The Morgan fingerprint density at radius 3 is 2.56 bits per heavy atom. The zero-order valence-corrected chi connectivity index (χ0v) is 17.0. The number of nitrogens with one attached hydrogen (secondary N) is 1. The number of hydrogen-bond acceptors (Lipinski definition) is 5. The number of amides is 1. The molecule has 2 aromatic rings. The van der Waals surface area contributed by atoms with Crippen molar-refractivity contribution >= 4 is 40.9 Å². The van der Waals surface area contributed by atoms with Gasteiger partial charge >= 0.3 is 5.97 Å². The van der Waals surface area contributed by atoms with Gasteiger partial charge in [-0.25, -0.2) is 0 Å². The number of carbonyl (C=O) groups is 2. The maximum atomic E-state index is 12.3. The van der Waals surface area contributed by atoms with Gasteiger partial charge in [-0.05, 0) is 55.8 Å². The van der Waals surface area contributed by atoms with E-state index in [1.807, 2.05) is 25.1 Å². The van der Waals surface area contributed by atoms with Crippen LogP contribution in [-0.4, -0.2) is 30.8 Å². The smallest absolute Gasteiger partial charge is 0.307 e. The Labute approximate surface area is 168 Å². The molecule has 0 aliphatic carbocycles. The average molecular weight is 408 g/mol. The van der Waals surface area contributed by atoms with E-state index in [1.54, 1.807) is 31.2 Å². The maximum absolute atomic E-state index is 12.3. The summed E-state index contributed by atoms with van der Waals surface area (Å²) in [5.74, 6) is 0.278. The molecular formula is C20H22ClNO4S. The van der Waals surface area contributed by atoms with Gasteiger partial charge in [0.25, 0.3) is 5.91 Å². The number of esters is 1. The summed E-state index contributed by atoms with van der Waals surface area (Å²) in [5.41, 5.74) is 1.53. The lowest BCUT2D eigenvalue weighted by Crippen LogP contribution is -2.30. The predicted molar refractivity (Wildman–Crippen MR) is 109 cm³/mol. The summed E-state index contributed by atoms with van der Waals surface area (Å²) in [4.78, 5) is 25.3. The fourth-order valence-electron chi connectivity index (χ4n) is 2.25. The molecule has 1 amide bonds. The van der Waals surface area contributed by atoms with Crippen LogP contribution in [0.3, 0.4) is 0 Å². The minimum atomic E-state index is -0.900. The molecule has 0 fully saturated rings. The summed E-state index contributed by atoms with van der Waals surface area (Å²) in [6.07, 6.45) is -0.693. The van der Waals surface area contributed by atoms with Crippen LogP contribution >= 0.6 is 23.4 Å². The fourth-order valence-corrected chi connectivity index (χ4v) is 3.21. The predicted octanol–water partition coefficient (Wildman–Crippen LogP) is 4.71. The molecule has 0 unspecified atom stereocenters. The minimum absolute atomic E-state index is 0.207. The highest BCUT2D eigenvalue weighted by Crippen LogP contribution is 2.25. The van der Waals surface area contributed by atoms with Gasteiger partial charge in [-0.2, -0.15) is 0 Å². The second kappa shape index (κ2) is 10.2. The average Bonchev–Trinajstić information content (AvgIpc) is 2.63. The van der Waals surface area contributed by atoms with Crippen molar-refractivity contribution < 1.29 is 19.1 Å². The largest absolute Gasteiger partial charge is 0.495 e. The molecule has 0 heterocycles. The van der Waals surface area contributed by atoms with Crippen LogP contribution < -0.4 is 10.1 Å². The number of thioether (sulfide) groups is 1. The first-order chi connectivity index (χ1) is 12.9. The van der Waals surface area contributed by atoms with Crippen molar-refractivity contribution in [1.29, 1.82) is 0 Å². The SMILES string of the molecule is COc1ccc(C)cc1NC(=O)[C@H](C)OC(=O)CCSc1ccc(Cl)cc1. The third kappa shape index (κ3) is 6.81. The van der Waals surface area contributed by atoms with Crippen molar-refractivity contribution in [3.8, 4) is 5.75 Å². The Balaban J connectivity index is 1.80. The summed E-state index contributed by atoms with van der Waals surface area (Å²) in [6, 6.07) is 12.8. The Morgan fingerprint density at radius 1 is 1.19 bits per heavy atom. The number of ether oxygens (including phenoxy) is 2. The zero-order valence-electron chi connectivity index (χ0n) is 15.5. The molecule has 0 saturated heterocycles. The van der Waals surface area contributed by atoms with Crippen molar-refractivity contribution in [2.75, 3.05) is 18.2 Å². The van der Waals surface area contributed by atoms with E-state index in [0.29, 0.717) is 22.2 Å². The van der Waals surface area contributed by atoms with Crippen LogP contribution in [0.15, 0.2) is 47.4 Å². The highest BCUT2D eigenvalue weighted by molar-refractivity contribution is 7.99. The molecular weight excluding hydrogens is 386 g/mol. The van der Waals surface area contributed by atoms with Gasteiger partial charge in [0.15, 0.2) is 6.10 Å². The number of methoxy groups -OCH3 is 1. The number of anilines is 1. The molecule has 0 aliphatic rings. The summed E-state index contributed by atoms with van der Waals surface area (Å²) in [6.45, 7) is 3.46. The van der Waals surface area contributed by atoms with Gasteiger partial charge in [-0.15, -0.1) is 11.8 Å². The van der Waals surface area contributed by atoms with E-state index in [9.17, 15) is 9.59 Å². The maximum Gasteiger partial charge on any atom is 0.307 e. The lowest BCUT2D eigenvalue weighted by atomic mass is 10.2. The second-order valence-electron chi connectivity index (χ2n) is 5.88. The van der Waals surface area contributed by atoms with Gasteiger partial charge < -0.3 is 14.8 Å². The first kappa shape index (κ1) is 21.1. The molecule has 1 N–H and O–H groups in total. The van der Waals surface area contributed by atoms with Crippen LogP contribution in [0.5, 0.6) is 5.75 Å². The minimum Gasteiger partial charge on any atom is -0.495 e. The van der Waals surface area contributed by atoms with Crippen molar-refractivity contribution in [2.24, 2.45) is 0 Å². The van der Waals surface area contributed by atoms with Crippen molar-refractivity contribution in [3.05, 3.63) is 53.1 Å². The lowest BCUT2D eigenvalue weighted by molar-refractivity contribution is -0.152. The molecule has 7 heteroatoms. The van der Waals surface area contributed by atoms with Crippen molar-refractivity contribution in [2.45, 2.75) is 31.3 Å². The molecule has 27 heavy (non-hydrogen) atoms. The van der Waals surface area contributed by atoms with E-state index in [-0.39, 0.29) is 6.42 Å². The summed E-state index contributed by atoms with van der Waals surface area (Å²) < 4.78 is 10.4. The Bertz CT molecular complexity index is 795. The molecule has 0 aromatic heterocycles. The first-order valence-electron chi connectivity index (χ1n) is 8.42. The first-order valence-corrected chi connectivity index (χ1v) is 9.78. The molecule has 0 aliphatic heterocycles. The number of carbonyl (C=O) groups excluding carboxylic acids is 2. The van der Waals surface area contributed by atoms with Gasteiger partial charge in [0.1, 0.15) is 5.75 Å². The monoisotopic (exact) mass is 407 g/mol. The fraction of sp³-hybridized carbons (Fsp3) is 0.300. The van der Waals surface area contributed by atoms with Crippen LogP contribution in [0.4, 0.5) is 5.69 Å². The van der Waals surface area contributed by atoms with Crippen molar-refractivity contribution in [1.82, 2.24) is 0 Å². The quantitative estimate of drug-likeness (QED) is 0.507. The third-order valence-electron chi connectivity index (χ3n) is 3.68. The Kier molecular flexibility index (Phi) is 8.00. The molecule has 0 bridgehead atoms. The highest BCUT2D eigenvalue weighted by Gasteiger charge is 2.19. The zero-order chi connectivity index (χ0) is 19.8. The Morgan fingerprint density at radius 2 is 1.89 bits per heavy atom. The number of aryl methyl sites for hydroxylation is 1. The van der Waals surface area contributed by atoms with E-state index < -0.39 is 18.0 Å². The van der Waals surface area contributed by atoms with Gasteiger partial charge in [-0.3, -0.25) is 9.59 Å². The molecule has 5 nitrogen and oxygen atoms in total. The summed E-state index contributed by atoms with van der Waals surface area (Å²) >= 11 is 7.37. The van der Waals surface area contributed by atoms with Crippen LogP contribution in [0.2, 0.25) is 5.02 Å². The van der Waals surface area contributed by atoms with Crippen LogP contribution in [-0.2, 0) is 14.3 Å². The second-order valence-corrected chi connectivity index (χ2v) is 7.48. The standard InChI is InChI=1S/C20H22ClNO4S/c1-13-4-9-18(25-3)17(12-13)22-20(24)14(2)26-19(23)10-11-27-16-7-5-15(21)6-8-16/h4-9,12,14H,10-11H2,1-3H3,(H,22,24)/t14-/m0/s1. The molecule has 0 radical (unpaired) electrons. The van der Waals surface area contributed by atoms with Crippen LogP contribution in [0, 0.1) is 6.92 Å². The number of benzene rings is 2. The van der Waals surface area contributed by atoms with E-state index in [2.05, 4.69) is 5.32 Å². The van der Waals surface area contributed by atoms with Gasteiger partial charge in [-0.1, -0.05) is 17.7 Å². The molecule has 1 atom stereocenters. The highest BCUT2D eigenvalue weighted by atomic mass is 35.5. The molecule has 2 rings (SSSR count). The van der Waals surface area contributed by atoms with Gasteiger partial charge in [0.2, 0.25) is 0 Å². The van der Waals surface area contributed by atoms with Crippen molar-refractivity contribution in [3.63, 3.8) is 0 Å². The van der Waals surface area contributed by atoms with E-state index in [1.165, 1.54) is 18.9 Å². The topological polar surface area (TPSA) is 64.6 Å². The van der Waals surface area contributed by atoms with E-state index >= 15 is 0 Å². The lowest BCUT2D eigenvalue weighted by Gasteiger charge is -2.15. The molecule has 0 saturated carbocycles. The summed E-state index contributed by atoms with van der Waals surface area (Å²) in [7, 11) is 1.53. The number of rotatable bonds is 8. The van der Waals surface area contributed by atoms with E-state index in [4.69, 9.17) is 21.1 Å². The molecule has 144 valence electrons. The number of hydrogen-bond donors (Lipinski definition) is 1. The third-order valence-corrected chi connectivity index (χ3v) is 4.94. The summed E-state index contributed by atoms with van der Waals surface area (Å²) in [5, 5.41) is 3.41. The van der Waals surface area contributed by atoms with Gasteiger partial charge in [0.05, 0.1) is 19.2 Å². The van der Waals surface area contributed by atoms with E-state index in [0.717, 1.165) is 10.5 Å². The van der Waals surface area contributed by atoms with Crippen LogP contribution in [0.1, 0.15) is 18.9 Å². The van der Waals surface area contributed by atoms with Crippen LogP contribution in [0.25, 0.3) is 0 Å². The Hall–Kier alpha value is -2.18. The van der Waals surface area contributed by atoms with Gasteiger partial charge in [0, 0.05) is 15.7 Å². The normalized spacial score (nSPS) is 11.6. The molecule has 0 spiro atoms. The molecule has 2 aromatic carbocycles.